The lowest BCUT2D eigenvalue weighted by Crippen LogP contribution is -2.21. The predicted molar refractivity (Wildman–Crippen MR) is 89.3 cm³/mol. The molecule has 2 aromatic carbocycles. The Morgan fingerprint density at radius 2 is 1.86 bits per heavy atom. The van der Waals surface area contributed by atoms with Crippen LogP contribution in [0, 0.1) is 11.3 Å². The SMILES string of the molecule is N#CCc1ccc(NC(=O)CNc2cccc(Cl)c2Cl)cc1. The Hall–Kier alpha value is -2.22. The maximum Gasteiger partial charge on any atom is 0.243 e. The smallest absolute Gasteiger partial charge is 0.243 e. The summed E-state index contributed by atoms with van der Waals surface area (Å²) in [4.78, 5) is 11.9. The van der Waals surface area contributed by atoms with Gasteiger partial charge in [0.15, 0.2) is 0 Å². The van der Waals surface area contributed by atoms with Gasteiger partial charge in [-0.3, -0.25) is 4.79 Å². The lowest BCUT2D eigenvalue weighted by molar-refractivity contribution is -0.114. The van der Waals surface area contributed by atoms with E-state index < -0.39 is 0 Å². The standard InChI is InChI=1S/C16H13Cl2N3O/c17-13-2-1-3-14(16(13)18)20-10-15(22)21-12-6-4-11(5-7-12)8-9-19/h1-7,20H,8,10H2,(H,21,22). The van der Waals surface area contributed by atoms with Crippen LogP contribution < -0.4 is 10.6 Å². The molecule has 0 heterocycles. The summed E-state index contributed by atoms with van der Waals surface area (Å²) in [6, 6.07) is 14.4. The lowest BCUT2D eigenvalue weighted by Gasteiger charge is -2.10. The minimum Gasteiger partial charge on any atom is -0.375 e. The molecule has 0 spiro atoms. The summed E-state index contributed by atoms with van der Waals surface area (Å²) in [7, 11) is 0. The fraction of sp³-hybridized carbons (Fsp3) is 0.125. The maximum atomic E-state index is 11.9. The van der Waals surface area contributed by atoms with Crippen LogP contribution in [0.5, 0.6) is 0 Å². The van der Waals surface area contributed by atoms with E-state index in [1.807, 2.05) is 0 Å². The topological polar surface area (TPSA) is 64.9 Å². The van der Waals surface area contributed by atoms with Gasteiger partial charge in [-0.2, -0.15) is 5.26 Å². The number of nitrogens with zero attached hydrogens (tertiary/aromatic N) is 1. The Kier molecular flexibility index (Phi) is 5.65. The second-order valence-corrected chi connectivity index (χ2v) is 5.32. The summed E-state index contributed by atoms with van der Waals surface area (Å²) in [6.07, 6.45) is 0.350. The highest BCUT2D eigenvalue weighted by Gasteiger charge is 2.06. The number of nitrogens with one attached hydrogen (secondary N) is 2. The van der Waals surface area contributed by atoms with Crippen molar-refractivity contribution in [3.05, 3.63) is 58.1 Å². The summed E-state index contributed by atoms with van der Waals surface area (Å²) in [5.41, 5.74) is 2.18. The monoisotopic (exact) mass is 333 g/mol. The molecule has 1 amide bonds. The zero-order valence-electron chi connectivity index (χ0n) is 11.6. The number of rotatable bonds is 5. The first-order valence-corrected chi connectivity index (χ1v) is 7.29. The molecule has 0 unspecified atom stereocenters. The van der Waals surface area contributed by atoms with Crippen LogP contribution in [0.15, 0.2) is 42.5 Å². The number of halogens is 2. The average molecular weight is 334 g/mol. The Balaban J connectivity index is 1.90. The van der Waals surface area contributed by atoms with Gasteiger partial charge in [-0.1, -0.05) is 41.4 Å². The van der Waals surface area contributed by atoms with Gasteiger partial charge in [0.2, 0.25) is 5.91 Å². The van der Waals surface area contributed by atoms with Crippen molar-refractivity contribution < 1.29 is 4.79 Å². The van der Waals surface area contributed by atoms with Gasteiger partial charge in [0, 0.05) is 5.69 Å². The molecule has 0 aliphatic rings. The van der Waals surface area contributed by atoms with Crippen LogP contribution in [-0.2, 0) is 11.2 Å². The number of carbonyl (C=O) groups excluding carboxylic acids is 1. The van der Waals surface area contributed by atoms with Crippen molar-refractivity contribution in [2.45, 2.75) is 6.42 Å². The summed E-state index contributed by atoms with van der Waals surface area (Å²) < 4.78 is 0. The second-order valence-electron chi connectivity index (χ2n) is 4.53. The van der Waals surface area contributed by atoms with E-state index in [1.54, 1.807) is 42.5 Å². The molecule has 0 fully saturated rings. The summed E-state index contributed by atoms with van der Waals surface area (Å²) in [5.74, 6) is -0.205. The van der Waals surface area contributed by atoms with Gasteiger partial charge in [0.1, 0.15) is 0 Å². The van der Waals surface area contributed by atoms with Crippen LogP contribution in [0.3, 0.4) is 0 Å². The first-order chi connectivity index (χ1) is 10.6. The third kappa shape index (κ3) is 4.39. The number of hydrogen-bond acceptors (Lipinski definition) is 3. The molecule has 6 heteroatoms. The molecule has 2 N–H and O–H groups in total. The van der Waals surface area contributed by atoms with E-state index in [9.17, 15) is 4.79 Å². The van der Waals surface area contributed by atoms with E-state index >= 15 is 0 Å². The number of anilines is 2. The van der Waals surface area contributed by atoms with Gasteiger partial charge in [-0.25, -0.2) is 0 Å². The maximum absolute atomic E-state index is 11.9. The second kappa shape index (κ2) is 7.69. The predicted octanol–water partition coefficient (Wildman–Crippen LogP) is 4.11. The molecule has 0 atom stereocenters. The van der Waals surface area contributed by atoms with Gasteiger partial charge in [-0.15, -0.1) is 0 Å². The van der Waals surface area contributed by atoms with Crippen molar-refractivity contribution in [2.24, 2.45) is 0 Å². The van der Waals surface area contributed by atoms with Crippen molar-refractivity contribution >= 4 is 40.5 Å². The molecule has 0 saturated heterocycles. The molecule has 0 aliphatic heterocycles. The van der Waals surface area contributed by atoms with E-state index in [0.717, 1.165) is 5.56 Å². The highest BCUT2D eigenvalue weighted by Crippen LogP contribution is 2.29. The normalized spacial score (nSPS) is 9.86. The Morgan fingerprint density at radius 1 is 1.14 bits per heavy atom. The van der Waals surface area contributed by atoms with Crippen LogP contribution in [-0.4, -0.2) is 12.5 Å². The molecule has 2 aromatic rings. The molecule has 112 valence electrons. The third-order valence-electron chi connectivity index (χ3n) is 2.91. The molecule has 22 heavy (non-hydrogen) atoms. The first-order valence-electron chi connectivity index (χ1n) is 6.54. The zero-order chi connectivity index (χ0) is 15.9. The van der Waals surface area contributed by atoms with Crippen molar-refractivity contribution in [1.29, 1.82) is 5.26 Å². The molecule has 0 aliphatic carbocycles. The highest BCUT2D eigenvalue weighted by atomic mass is 35.5. The van der Waals surface area contributed by atoms with E-state index in [4.69, 9.17) is 28.5 Å². The van der Waals surface area contributed by atoms with E-state index in [0.29, 0.717) is 27.8 Å². The highest BCUT2D eigenvalue weighted by molar-refractivity contribution is 6.43. The van der Waals surface area contributed by atoms with Crippen molar-refractivity contribution in [2.75, 3.05) is 17.2 Å². The van der Waals surface area contributed by atoms with Crippen molar-refractivity contribution in [3.8, 4) is 6.07 Å². The van der Waals surface area contributed by atoms with Crippen molar-refractivity contribution in [3.63, 3.8) is 0 Å². The molecule has 0 saturated carbocycles. The minimum atomic E-state index is -0.205. The van der Waals surface area contributed by atoms with Crippen molar-refractivity contribution in [1.82, 2.24) is 0 Å². The summed E-state index contributed by atoms with van der Waals surface area (Å²) >= 11 is 11.9. The van der Waals surface area contributed by atoms with Crippen LogP contribution in [0.2, 0.25) is 10.0 Å². The number of benzene rings is 2. The number of nitriles is 1. The van der Waals surface area contributed by atoms with E-state index in [-0.39, 0.29) is 12.5 Å². The van der Waals surface area contributed by atoms with Gasteiger partial charge in [-0.05, 0) is 29.8 Å². The summed E-state index contributed by atoms with van der Waals surface area (Å²) in [6.45, 7) is 0.0695. The van der Waals surface area contributed by atoms with Gasteiger partial charge in [0.25, 0.3) is 0 Å². The lowest BCUT2D eigenvalue weighted by atomic mass is 10.1. The number of hydrogen-bond donors (Lipinski definition) is 2. The number of carbonyl (C=O) groups is 1. The van der Waals surface area contributed by atoms with Crippen LogP contribution in [0.4, 0.5) is 11.4 Å². The quantitative estimate of drug-likeness (QED) is 0.865. The van der Waals surface area contributed by atoms with Gasteiger partial charge < -0.3 is 10.6 Å². The van der Waals surface area contributed by atoms with Crippen LogP contribution >= 0.6 is 23.2 Å². The fourth-order valence-electron chi connectivity index (χ4n) is 1.82. The molecule has 0 radical (unpaired) electrons. The van der Waals surface area contributed by atoms with E-state index in [1.165, 1.54) is 0 Å². The molecule has 0 bridgehead atoms. The molecular weight excluding hydrogens is 321 g/mol. The Bertz CT molecular complexity index is 708. The molecule has 0 aromatic heterocycles. The number of amides is 1. The Morgan fingerprint density at radius 3 is 2.55 bits per heavy atom. The van der Waals surface area contributed by atoms with Gasteiger partial charge in [0.05, 0.1) is 34.8 Å². The minimum absolute atomic E-state index is 0.0695. The molecule has 2 rings (SSSR count). The average Bonchev–Trinajstić information content (AvgIpc) is 2.51. The third-order valence-corrected chi connectivity index (χ3v) is 3.73. The van der Waals surface area contributed by atoms with Crippen LogP contribution in [0.1, 0.15) is 5.56 Å². The fourth-order valence-corrected chi connectivity index (χ4v) is 2.19. The molecular formula is C16H13Cl2N3O. The van der Waals surface area contributed by atoms with Crippen LogP contribution in [0.25, 0.3) is 0 Å². The Labute approximate surface area is 138 Å². The summed E-state index contributed by atoms with van der Waals surface area (Å²) in [5, 5.41) is 15.1. The zero-order valence-corrected chi connectivity index (χ0v) is 13.1. The first kappa shape index (κ1) is 16.2. The largest absolute Gasteiger partial charge is 0.375 e. The molecule has 4 nitrogen and oxygen atoms in total. The van der Waals surface area contributed by atoms with Gasteiger partial charge >= 0.3 is 0 Å². The van der Waals surface area contributed by atoms with E-state index in [2.05, 4.69) is 16.7 Å².